The maximum absolute atomic E-state index is 11.5. The van der Waals surface area contributed by atoms with Crippen molar-refractivity contribution in [2.24, 2.45) is 5.92 Å². The van der Waals surface area contributed by atoms with Crippen molar-refractivity contribution in [1.29, 1.82) is 0 Å². The Labute approximate surface area is 97.4 Å². The van der Waals surface area contributed by atoms with Gasteiger partial charge >= 0.3 is 0 Å². The zero-order chi connectivity index (χ0) is 12.4. The van der Waals surface area contributed by atoms with Crippen LogP contribution < -0.4 is 5.32 Å². The summed E-state index contributed by atoms with van der Waals surface area (Å²) in [5, 5.41) is 22.4. The number of benzene rings is 1. The van der Waals surface area contributed by atoms with Gasteiger partial charge in [-0.3, -0.25) is 14.9 Å². The molecule has 0 unspecified atom stereocenters. The molecule has 17 heavy (non-hydrogen) atoms. The van der Waals surface area contributed by atoms with Crippen molar-refractivity contribution in [1.82, 2.24) is 5.32 Å². The summed E-state index contributed by atoms with van der Waals surface area (Å²) in [5.41, 5.74) is 0.596. The topological polar surface area (TPSA) is 92.5 Å². The number of hydrogen-bond donors (Lipinski definition) is 2. The predicted molar refractivity (Wildman–Crippen MR) is 58.8 cm³/mol. The van der Waals surface area contributed by atoms with Gasteiger partial charge in [0.1, 0.15) is 11.7 Å². The van der Waals surface area contributed by atoms with Crippen LogP contribution in [0.1, 0.15) is 12.0 Å². The quantitative estimate of drug-likeness (QED) is 0.593. The summed E-state index contributed by atoms with van der Waals surface area (Å²) in [6.45, 7) is 0.187. The van der Waals surface area contributed by atoms with E-state index < -0.39 is 16.9 Å². The number of nitrogens with one attached hydrogen (secondary N) is 1. The third-order valence-electron chi connectivity index (χ3n) is 2.81. The molecule has 90 valence electrons. The number of carbonyl (C=O) groups is 1. The summed E-state index contributed by atoms with van der Waals surface area (Å²) in [5.74, 6) is -0.736. The Balaban J connectivity index is 1.86. The lowest BCUT2D eigenvalue weighted by Gasteiger charge is -2.05. The number of nitro groups is 1. The van der Waals surface area contributed by atoms with Gasteiger partial charge in [0.2, 0.25) is 11.9 Å². The molecule has 0 saturated heterocycles. The van der Waals surface area contributed by atoms with Crippen LogP contribution in [0.2, 0.25) is 0 Å². The van der Waals surface area contributed by atoms with Crippen molar-refractivity contribution in [2.75, 3.05) is 0 Å². The minimum Gasteiger partial charge on any atom is -0.508 e. The molecule has 1 aromatic carbocycles. The van der Waals surface area contributed by atoms with Crippen LogP contribution in [0.25, 0.3) is 0 Å². The predicted octanol–water partition coefficient (Wildman–Crippen LogP) is 0.674. The van der Waals surface area contributed by atoms with Crippen LogP contribution >= 0.6 is 0 Å². The van der Waals surface area contributed by atoms with E-state index in [0.29, 0.717) is 12.0 Å². The lowest BCUT2D eigenvalue weighted by Crippen LogP contribution is -2.26. The molecular formula is C11H12N2O4. The number of aromatic hydroxyl groups is 1. The van der Waals surface area contributed by atoms with Crippen molar-refractivity contribution in [3.05, 3.63) is 39.9 Å². The van der Waals surface area contributed by atoms with Gasteiger partial charge in [-0.15, -0.1) is 0 Å². The molecule has 1 amide bonds. The number of amides is 1. The second-order valence-corrected chi connectivity index (χ2v) is 4.04. The van der Waals surface area contributed by atoms with E-state index in [2.05, 4.69) is 5.32 Å². The normalized spacial score (nSPS) is 21.9. The van der Waals surface area contributed by atoms with Crippen LogP contribution in [0.5, 0.6) is 5.75 Å². The first kappa shape index (κ1) is 11.4. The zero-order valence-electron chi connectivity index (χ0n) is 9.00. The maximum atomic E-state index is 11.5. The van der Waals surface area contributed by atoms with E-state index in [1.165, 1.54) is 6.07 Å². The monoisotopic (exact) mass is 236 g/mol. The van der Waals surface area contributed by atoms with Gasteiger partial charge in [0.05, 0.1) is 0 Å². The fourth-order valence-corrected chi connectivity index (χ4v) is 1.67. The van der Waals surface area contributed by atoms with E-state index in [4.69, 9.17) is 0 Å². The third-order valence-corrected chi connectivity index (χ3v) is 2.81. The summed E-state index contributed by atoms with van der Waals surface area (Å²) in [6.07, 6.45) is 0.305. The standard InChI is InChI=1S/C11H12N2O4/c14-10-4-2-1-3-7(10)6-12-11(15)8-5-9(8)13(16)17/h1-4,8-9,14H,5-6H2,(H,12,15)/t8-,9-/m0/s1. The third kappa shape index (κ3) is 2.52. The SMILES string of the molecule is O=C(NCc1ccccc1O)[C@H]1C[C@@H]1[N+](=O)[O-]. The van der Waals surface area contributed by atoms with E-state index in [0.717, 1.165) is 0 Å². The molecule has 0 spiro atoms. The number of phenols is 1. The minimum atomic E-state index is -0.737. The second kappa shape index (κ2) is 4.40. The lowest BCUT2D eigenvalue weighted by atomic mass is 10.2. The summed E-state index contributed by atoms with van der Waals surface area (Å²) in [7, 11) is 0. The fraction of sp³-hybridized carbons (Fsp3) is 0.364. The van der Waals surface area contributed by atoms with Crippen molar-refractivity contribution < 1.29 is 14.8 Å². The highest BCUT2D eigenvalue weighted by Crippen LogP contribution is 2.33. The van der Waals surface area contributed by atoms with Gasteiger partial charge in [0.25, 0.3) is 0 Å². The largest absolute Gasteiger partial charge is 0.508 e. The smallest absolute Gasteiger partial charge is 0.230 e. The summed E-state index contributed by atoms with van der Waals surface area (Å²) < 4.78 is 0. The van der Waals surface area contributed by atoms with E-state index in [1.807, 2.05) is 0 Å². The Morgan fingerprint density at radius 2 is 2.24 bits per heavy atom. The molecule has 2 rings (SSSR count). The highest BCUT2D eigenvalue weighted by Gasteiger charge is 2.53. The molecule has 0 heterocycles. The molecule has 1 saturated carbocycles. The van der Waals surface area contributed by atoms with Crippen molar-refractivity contribution >= 4 is 5.91 Å². The first-order valence-electron chi connectivity index (χ1n) is 5.27. The Morgan fingerprint density at radius 3 is 2.82 bits per heavy atom. The molecule has 0 aliphatic heterocycles. The molecule has 1 fully saturated rings. The van der Waals surface area contributed by atoms with Crippen LogP contribution in [0.15, 0.2) is 24.3 Å². The summed E-state index contributed by atoms with van der Waals surface area (Å²) in [4.78, 5) is 21.5. The highest BCUT2D eigenvalue weighted by atomic mass is 16.6. The first-order valence-corrected chi connectivity index (χ1v) is 5.27. The van der Waals surface area contributed by atoms with Crippen LogP contribution in [-0.2, 0) is 11.3 Å². The molecule has 0 bridgehead atoms. The van der Waals surface area contributed by atoms with Gasteiger partial charge in [-0.2, -0.15) is 0 Å². The van der Waals surface area contributed by atoms with Gasteiger partial charge in [-0.25, -0.2) is 0 Å². The van der Waals surface area contributed by atoms with E-state index in [9.17, 15) is 20.0 Å². The second-order valence-electron chi connectivity index (χ2n) is 4.04. The van der Waals surface area contributed by atoms with Crippen molar-refractivity contribution in [3.63, 3.8) is 0 Å². The van der Waals surface area contributed by atoms with Crippen molar-refractivity contribution in [2.45, 2.75) is 19.0 Å². The molecule has 2 N–H and O–H groups in total. The van der Waals surface area contributed by atoms with Gasteiger partial charge in [0, 0.05) is 23.5 Å². The Hall–Kier alpha value is -2.11. The molecule has 1 aromatic rings. The van der Waals surface area contributed by atoms with E-state index in [-0.39, 0.29) is 18.2 Å². The molecule has 6 nitrogen and oxygen atoms in total. The molecule has 1 aliphatic carbocycles. The molecule has 0 aromatic heterocycles. The lowest BCUT2D eigenvalue weighted by molar-refractivity contribution is -0.497. The Bertz CT molecular complexity index is 461. The van der Waals surface area contributed by atoms with E-state index >= 15 is 0 Å². The zero-order valence-corrected chi connectivity index (χ0v) is 9.00. The number of nitrogens with zero attached hydrogens (tertiary/aromatic N) is 1. The number of phenolic OH excluding ortho intramolecular Hbond substituents is 1. The van der Waals surface area contributed by atoms with E-state index in [1.54, 1.807) is 18.2 Å². The number of para-hydroxylation sites is 1. The van der Waals surface area contributed by atoms with Crippen LogP contribution in [-0.4, -0.2) is 22.0 Å². The highest BCUT2D eigenvalue weighted by molar-refractivity contribution is 5.82. The molecule has 6 heteroatoms. The van der Waals surface area contributed by atoms with Gasteiger partial charge in [-0.05, 0) is 6.07 Å². The molecular weight excluding hydrogens is 224 g/mol. The summed E-state index contributed by atoms with van der Waals surface area (Å²) in [6, 6.07) is 5.91. The maximum Gasteiger partial charge on any atom is 0.230 e. The number of carbonyl (C=O) groups excluding carboxylic acids is 1. The first-order chi connectivity index (χ1) is 8.09. The van der Waals surface area contributed by atoms with Crippen LogP contribution in [0.4, 0.5) is 0 Å². The van der Waals surface area contributed by atoms with Crippen LogP contribution in [0.3, 0.4) is 0 Å². The average molecular weight is 236 g/mol. The van der Waals surface area contributed by atoms with Gasteiger partial charge in [-0.1, -0.05) is 18.2 Å². The van der Waals surface area contributed by atoms with Crippen LogP contribution in [0, 0.1) is 16.0 Å². The van der Waals surface area contributed by atoms with Gasteiger partial charge < -0.3 is 10.4 Å². The minimum absolute atomic E-state index is 0.106. The molecule has 2 atom stereocenters. The molecule has 1 aliphatic rings. The van der Waals surface area contributed by atoms with Crippen molar-refractivity contribution in [3.8, 4) is 5.75 Å². The number of hydrogen-bond acceptors (Lipinski definition) is 4. The average Bonchev–Trinajstić information content (AvgIpc) is 3.07. The Kier molecular flexibility index (Phi) is 2.95. The molecule has 0 radical (unpaired) electrons. The van der Waals surface area contributed by atoms with Gasteiger partial charge in [0.15, 0.2) is 0 Å². The number of rotatable bonds is 4. The fourth-order valence-electron chi connectivity index (χ4n) is 1.67. The summed E-state index contributed by atoms with van der Waals surface area (Å²) >= 11 is 0. The Morgan fingerprint density at radius 1 is 1.53 bits per heavy atom.